The Labute approximate surface area is 98.8 Å². The number of rotatable bonds is 3. The van der Waals surface area contributed by atoms with E-state index in [9.17, 15) is 4.79 Å². The molecule has 2 aliphatic rings. The maximum Gasteiger partial charge on any atom is 0.223 e. The van der Waals surface area contributed by atoms with E-state index in [-0.39, 0.29) is 0 Å². The number of hydrogen-bond acceptors (Lipinski definition) is 2. The molecule has 0 bridgehead atoms. The molecule has 2 saturated heterocycles. The van der Waals surface area contributed by atoms with Gasteiger partial charge in [-0.05, 0) is 45.2 Å². The second-order valence-corrected chi connectivity index (χ2v) is 4.90. The lowest BCUT2D eigenvalue weighted by Gasteiger charge is -2.29. The summed E-state index contributed by atoms with van der Waals surface area (Å²) in [4.78, 5) is 16.4. The largest absolute Gasteiger partial charge is 0.343 e. The van der Waals surface area contributed by atoms with Crippen LogP contribution in [0.4, 0.5) is 0 Å². The second-order valence-electron chi connectivity index (χ2n) is 4.90. The number of likely N-dealkylation sites (tertiary alicyclic amines) is 2. The smallest absolute Gasteiger partial charge is 0.223 e. The fourth-order valence-electron chi connectivity index (χ4n) is 2.59. The third-order valence-electron chi connectivity index (χ3n) is 3.65. The molecule has 0 aliphatic carbocycles. The molecule has 0 atom stereocenters. The van der Waals surface area contributed by atoms with Crippen molar-refractivity contribution in [2.24, 2.45) is 0 Å². The monoisotopic (exact) mass is 223 g/mol. The average Bonchev–Trinajstić information content (AvgIpc) is 2.38. The molecular weight excluding hydrogens is 200 g/mol. The van der Waals surface area contributed by atoms with E-state index in [0.717, 1.165) is 38.9 Å². The summed E-state index contributed by atoms with van der Waals surface area (Å²) in [6.07, 6.45) is 9.16. The van der Waals surface area contributed by atoms with Crippen molar-refractivity contribution in [1.82, 2.24) is 9.80 Å². The van der Waals surface area contributed by atoms with Crippen LogP contribution in [0, 0.1) is 6.42 Å². The minimum Gasteiger partial charge on any atom is -0.343 e. The predicted octanol–water partition coefficient (Wildman–Crippen LogP) is 1.69. The van der Waals surface area contributed by atoms with Crippen molar-refractivity contribution < 1.29 is 4.79 Å². The summed E-state index contributed by atoms with van der Waals surface area (Å²) in [6, 6.07) is 0. The lowest BCUT2D eigenvalue weighted by Crippen LogP contribution is -2.39. The highest BCUT2D eigenvalue weighted by atomic mass is 16.2. The topological polar surface area (TPSA) is 23.6 Å². The van der Waals surface area contributed by atoms with Crippen LogP contribution in [0.2, 0.25) is 0 Å². The minimum absolute atomic E-state index is 0.360. The van der Waals surface area contributed by atoms with Crippen molar-refractivity contribution in [2.75, 3.05) is 32.7 Å². The van der Waals surface area contributed by atoms with Crippen LogP contribution in [-0.2, 0) is 4.79 Å². The molecule has 0 spiro atoms. The molecule has 2 rings (SSSR count). The number of amides is 1. The van der Waals surface area contributed by atoms with Crippen LogP contribution in [-0.4, -0.2) is 48.4 Å². The standard InChI is InChI=1S/C13H23N2O/c16-13(15-10-5-2-6-11-15)7-12-14-8-3-1-4-9-14/h2H,1,3-12H2. The molecule has 1 radical (unpaired) electrons. The van der Waals surface area contributed by atoms with Gasteiger partial charge in [0.15, 0.2) is 0 Å². The average molecular weight is 223 g/mol. The van der Waals surface area contributed by atoms with Gasteiger partial charge in [-0.25, -0.2) is 0 Å². The van der Waals surface area contributed by atoms with E-state index in [1.807, 2.05) is 4.90 Å². The highest BCUT2D eigenvalue weighted by Gasteiger charge is 2.18. The van der Waals surface area contributed by atoms with Crippen molar-refractivity contribution in [3.63, 3.8) is 0 Å². The molecule has 1 amide bonds. The van der Waals surface area contributed by atoms with Crippen LogP contribution >= 0.6 is 0 Å². The Kier molecular flexibility index (Phi) is 4.64. The van der Waals surface area contributed by atoms with Gasteiger partial charge in [-0.3, -0.25) is 4.79 Å². The van der Waals surface area contributed by atoms with Gasteiger partial charge in [-0.2, -0.15) is 0 Å². The van der Waals surface area contributed by atoms with Crippen molar-refractivity contribution >= 4 is 5.91 Å². The summed E-state index contributed by atoms with van der Waals surface area (Å²) in [5.41, 5.74) is 0. The number of nitrogens with zero attached hydrogens (tertiary/aromatic N) is 2. The number of piperidine rings is 2. The number of hydrogen-bond donors (Lipinski definition) is 0. The lowest BCUT2D eigenvalue weighted by atomic mass is 10.1. The Morgan fingerprint density at radius 1 is 1.00 bits per heavy atom. The highest BCUT2D eigenvalue weighted by molar-refractivity contribution is 5.76. The maximum atomic E-state index is 11.9. The zero-order valence-corrected chi connectivity index (χ0v) is 10.2. The first-order chi connectivity index (χ1) is 7.86. The van der Waals surface area contributed by atoms with Gasteiger partial charge in [0.2, 0.25) is 5.91 Å². The number of carbonyl (C=O) groups excluding carboxylic acids is 1. The van der Waals surface area contributed by atoms with Crippen molar-refractivity contribution in [1.29, 1.82) is 0 Å². The Morgan fingerprint density at radius 3 is 2.38 bits per heavy atom. The van der Waals surface area contributed by atoms with Gasteiger partial charge in [0.1, 0.15) is 0 Å². The van der Waals surface area contributed by atoms with Gasteiger partial charge in [-0.15, -0.1) is 0 Å². The molecular formula is C13H23N2O. The molecule has 0 saturated carbocycles. The van der Waals surface area contributed by atoms with Crippen molar-refractivity contribution in [3.8, 4) is 0 Å². The summed E-state index contributed by atoms with van der Waals surface area (Å²) in [7, 11) is 0. The Bertz CT molecular complexity index is 218. The Morgan fingerprint density at radius 2 is 1.69 bits per heavy atom. The van der Waals surface area contributed by atoms with Gasteiger partial charge in [-0.1, -0.05) is 6.42 Å². The van der Waals surface area contributed by atoms with E-state index < -0.39 is 0 Å². The Balaban J connectivity index is 1.65. The van der Waals surface area contributed by atoms with E-state index in [4.69, 9.17) is 0 Å². The third-order valence-corrected chi connectivity index (χ3v) is 3.65. The first kappa shape index (κ1) is 11.9. The van der Waals surface area contributed by atoms with Crippen LogP contribution in [0.25, 0.3) is 0 Å². The molecule has 3 nitrogen and oxygen atoms in total. The fraction of sp³-hybridized carbons (Fsp3) is 0.846. The van der Waals surface area contributed by atoms with E-state index in [0.29, 0.717) is 5.91 Å². The van der Waals surface area contributed by atoms with Crippen LogP contribution < -0.4 is 0 Å². The van der Waals surface area contributed by atoms with E-state index in [1.165, 1.54) is 32.4 Å². The molecule has 91 valence electrons. The van der Waals surface area contributed by atoms with Crippen molar-refractivity contribution in [3.05, 3.63) is 6.42 Å². The summed E-state index contributed by atoms with van der Waals surface area (Å²) < 4.78 is 0. The molecule has 3 heteroatoms. The van der Waals surface area contributed by atoms with Crippen LogP contribution in [0.1, 0.15) is 38.5 Å². The first-order valence-corrected chi connectivity index (χ1v) is 6.68. The van der Waals surface area contributed by atoms with E-state index in [2.05, 4.69) is 11.3 Å². The molecule has 0 unspecified atom stereocenters. The minimum atomic E-state index is 0.360. The molecule has 0 aromatic carbocycles. The second kappa shape index (κ2) is 6.24. The quantitative estimate of drug-likeness (QED) is 0.727. The number of carbonyl (C=O) groups is 1. The normalized spacial score (nSPS) is 23.4. The van der Waals surface area contributed by atoms with Crippen LogP contribution in [0.5, 0.6) is 0 Å². The lowest BCUT2D eigenvalue weighted by molar-refractivity contribution is -0.132. The van der Waals surface area contributed by atoms with E-state index >= 15 is 0 Å². The van der Waals surface area contributed by atoms with Crippen LogP contribution in [0.3, 0.4) is 0 Å². The molecule has 16 heavy (non-hydrogen) atoms. The van der Waals surface area contributed by atoms with Gasteiger partial charge >= 0.3 is 0 Å². The molecule has 2 fully saturated rings. The zero-order chi connectivity index (χ0) is 11.2. The summed E-state index contributed by atoms with van der Waals surface area (Å²) in [6.45, 7) is 5.25. The zero-order valence-electron chi connectivity index (χ0n) is 10.2. The molecule has 0 aromatic heterocycles. The van der Waals surface area contributed by atoms with Gasteiger partial charge in [0.05, 0.1) is 0 Å². The molecule has 0 aromatic rings. The van der Waals surface area contributed by atoms with Crippen LogP contribution in [0.15, 0.2) is 0 Å². The van der Waals surface area contributed by atoms with Gasteiger partial charge < -0.3 is 9.80 Å². The summed E-state index contributed by atoms with van der Waals surface area (Å²) >= 11 is 0. The first-order valence-electron chi connectivity index (χ1n) is 6.68. The predicted molar refractivity (Wildman–Crippen MR) is 65.0 cm³/mol. The van der Waals surface area contributed by atoms with Crippen molar-refractivity contribution in [2.45, 2.75) is 38.5 Å². The Hall–Kier alpha value is -0.570. The summed E-state index contributed by atoms with van der Waals surface area (Å²) in [5.74, 6) is 0.360. The fourth-order valence-corrected chi connectivity index (χ4v) is 2.59. The molecule has 2 aliphatic heterocycles. The highest BCUT2D eigenvalue weighted by Crippen LogP contribution is 2.11. The SMILES string of the molecule is O=C(CCN1CCCCC1)N1CC[CH]CC1. The summed E-state index contributed by atoms with van der Waals surface area (Å²) in [5, 5.41) is 0. The van der Waals surface area contributed by atoms with E-state index in [1.54, 1.807) is 0 Å². The maximum absolute atomic E-state index is 11.9. The van der Waals surface area contributed by atoms with Gasteiger partial charge in [0.25, 0.3) is 0 Å². The molecule has 2 heterocycles. The molecule has 0 N–H and O–H groups in total. The third kappa shape index (κ3) is 3.48. The van der Waals surface area contributed by atoms with Gasteiger partial charge in [0, 0.05) is 26.1 Å².